The Morgan fingerprint density at radius 2 is 1.88 bits per heavy atom. The maximum atomic E-state index is 12.0. The molecule has 0 saturated heterocycles. The first-order valence-electron chi connectivity index (χ1n) is 8.25. The minimum absolute atomic E-state index is 0.0789. The number of carbonyl (C=O) groups is 1. The summed E-state index contributed by atoms with van der Waals surface area (Å²) in [7, 11) is 0. The summed E-state index contributed by atoms with van der Waals surface area (Å²) in [5.41, 5.74) is 3.61. The molecule has 5 heteroatoms. The van der Waals surface area contributed by atoms with Crippen LogP contribution in [-0.4, -0.2) is 28.6 Å². The van der Waals surface area contributed by atoms with Crippen LogP contribution < -0.4 is 10.6 Å². The van der Waals surface area contributed by atoms with E-state index in [2.05, 4.69) is 21.7 Å². The number of fused-ring (bicyclic) bond motifs is 1. The molecule has 1 atom stereocenters. The van der Waals surface area contributed by atoms with Crippen molar-refractivity contribution < 1.29 is 9.90 Å². The van der Waals surface area contributed by atoms with Gasteiger partial charge in [0.25, 0.3) is 5.91 Å². The van der Waals surface area contributed by atoms with Crippen LogP contribution in [0.3, 0.4) is 0 Å². The number of aliphatic hydroxyl groups excluding tert-OH is 1. The summed E-state index contributed by atoms with van der Waals surface area (Å²) in [5, 5.41) is 16.2. The first kappa shape index (κ1) is 16.9. The van der Waals surface area contributed by atoms with E-state index in [0.29, 0.717) is 12.1 Å². The lowest BCUT2D eigenvalue weighted by Gasteiger charge is -2.12. The molecule has 0 radical (unpaired) electrons. The second-order valence-electron chi connectivity index (χ2n) is 5.98. The third-order valence-corrected chi connectivity index (χ3v) is 4.00. The second kappa shape index (κ2) is 7.77. The van der Waals surface area contributed by atoms with Crippen LogP contribution in [0.25, 0.3) is 10.9 Å². The van der Waals surface area contributed by atoms with Crippen molar-refractivity contribution in [3.63, 3.8) is 0 Å². The molecule has 0 aliphatic carbocycles. The lowest BCUT2D eigenvalue weighted by molar-refractivity contribution is 0.0922. The Balaban J connectivity index is 1.66. The smallest absolute Gasteiger partial charge is 0.251 e. The van der Waals surface area contributed by atoms with Gasteiger partial charge in [-0.05, 0) is 42.8 Å². The number of carbonyl (C=O) groups excluding carboxylic acids is 1. The first-order valence-corrected chi connectivity index (χ1v) is 8.25. The summed E-state index contributed by atoms with van der Waals surface area (Å²) in [4.78, 5) is 16.5. The van der Waals surface area contributed by atoms with Crippen LogP contribution in [0.5, 0.6) is 0 Å². The molecule has 128 valence electrons. The van der Waals surface area contributed by atoms with E-state index >= 15 is 0 Å². The Morgan fingerprint density at radius 1 is 1.12 bits per heavy atom. The Hall–Kier alpha value is -2.92. The lowest BCUT2D eigenvalue weighted by atomic mass is 10.1. The van der Waals surface area contributed by atoms with Gasteiger partial charge in [-0.2, -0.15) is 0 Å². The number of rotatable bonds is 6. The third kappa shape index (κ3) is 4.14. The van der Waals surface area contributed by atoms with Gasteiger partial charge in [0.05, 0.1) is 12.1 Å². The second-order valence-corrected chi connectivity index (χ2v) is 5.98. The molecular formula is C20H21N3O2. The van der Waals surface area contributed by atoms with Gasteiger partial charge in [-0.25, -0.2) is 0 Å². The van der Waals surface area contributed by atoms with E-state index < -0.39 is 0 Å². The number of aliphatic hydroxyl groups is 1. The summed E-state index contributed by atoms with van der Waals surface area (Å²) in [6, 6.07) is 17.1. The van der Waals surface area contributed by atoms with Crippen molar-refractivity contribution >= 4 is 22.5 Å². The molecule has 1 unspecified atom stereocenters. The van der Waals surface area contributed by atoms with Gasteiger partial charge in [-0.3, -0.25) is 9.78 Å². The number of aromatic nitrogens is 1. The molecule has 3 rings (SSSR count). The van der Waals surface area contributed by atoms with Crippen molar-refractivity contribution in [2.24, 2.45) is 0 Å². The van der Waals surface area contributed by atoms with E-state index in [4.69, 9.17) is 5.11 Å². The molecule has 0 saturated carbocycles. The average molecular weight is 335 g/mol. The fourth-order valence-corrected chi connectivity index (χ4v) is 2.60. The van der Waals surface area contributed by atoms with Gasteiger partial charge in [-0.1, -0.05) is 24.3 Å². The summed E-state index contributed by atoms with van der Waals surface area (Å²) in [6.07, 6.45) is 1.80. The minimum Gasteiger partial charge on any atom is -0.394 e. The predicted molar refractivity (Wildman–Crippen MR) is 99.5 cm³/mol. The van der Waals surface area contributed by atoms with Crippen LogP contribution in [0.4, 0.5) is 5.69 Å². The van der Waals surface area contributed by atoms with Crippen molar-refractivity contribution in [2.45, 2.75) is 19.5 Å². The highest BCUT2D eigenvalue weighted by Gasteiger charge is 2.08. The molecule has 5 nitrogen and oxygen atoms in total. The lowest BCUT2D eigenvalue weighted by Crippen LogP contribution is -2.34. The molecule has 3 aromatic rings. The maximum Gasteiger partial charge on any atom is 0.251 e. The fraction of sp³-hybridized carbons (Fsp3) is 0.200. The molecule has 1 heterocycles. The SMILES string of the molecule is CC(CO)NC(=O)c1ccc(NCc2cccc3cccnc23)cc1. The zero-order valence-electron chi connectivity index (χ0n) is 14.1. The van der Waals surface area contributed by atoms with Crippen LogP contribution in [0.1, 0.15) is 22.8 Å². The van der Waals surface area contributed by atoms with Gasteiger partial charge in [0.1, 0.15) is 0 Å². The molecule has 0 aliphatic heterocycles. The molecule has 1 aromatic heterocycles. The summed E-state index contributed by atoms with van der Waals surface area (Å²) in [6.45, 7) is 2.33. The Morgan fingerprint density at radius 3 is 2.64 bits per heavy atom. The number of amides is 1. The van der Waals surface area contributed by atoms with Gasteiger partial charge >= 0.3 is 0 Å². The largest absolute Gasteiger partial charge is 0.394 e. The highest BCUT2D eigenvalue weighted by atomic mass is 16.3. The number of nitrogens with zero attached hydrogens (tertiary/aromatic N) is 1. The zero-order chi connectivity index (χ0) is 17.6. The Kier molecular flexibility index (Phi) is 5.26. The van der Waals surface area contributed by atoms with E-state index in [-0.39, 0.29) is 18.6 Å². The number of anilines is 1. The standard InChI is InChI=1S/C20H21N3O2/c1-14(13-24)23-20(25)16-7-9-18(10-8-16)22-12-17-5-2-4-15-6-3-11-21-19(15)17/h2-11,14,22,24H,12-13H2,1H3,(H,23,25). The van der Waals surface area contributed by atoms with Crippen LogP contribution in [0.2, 0.25) is 0 Å². The van der Waals surface area contributed by atoms with Crippen molar-refractivity contribution in [2.75, 3.05) is 11.9 Å². The highest BCUT2D eigenvalue weighted by Crippen LogP contribution is 2.18. The predicted octanol–water partition coefficient (Wildman–Crippen LogP) is 2.96. The molecule has 3 N–H and O–H groups in total. The molecule has 1 amide bonds. The number of hydrogen-bond donors (Lipinski definition) is 3. The van der Waals surface area contributed by atoms with Crippen LogP contribution in [0.15, 0.2) is 60.8 Å². The minimum atomic E-state index is -0.260. The highest BCUT2D eigenvalue weighted by molar-refractivity contribution is 5.94. The van der Waals surface area contributed by atoms with Gasteiger partial charge in [0, 0.05) is 35.4 Å². The van der Waals surface area contributed by atoms with Crippen molar-refractivity contribution in [3.8, 4) is 0 Å². The maximum absolute atomic E-state index is 12.0. The van der Waals surface area contributed by atoms with E-state index in [1.165, 1.54) is 0 Å². The molecule has 0 fully saturated rings. The van der Waals surface area contributed by atoms with E-state index in [9.17, 15) is 4.79 Å². The van der Waals surface area contributed by atoms with Gasteiger partial charge in [0.15, 0.2) is 0 Å². The van der Waals surface area contributed by atoms with Crippen LogP contribution in [-0.2, 0) is 6.54 Å². The summed E-state index contributed by atoms with van der Waals surface area (Å²) < 4.78 is 0. The Labute approximate surface area is 146 Å². The van der Waals surface area contributed by atoms with Crippen LogP contribution in [0, 0.1) is 0 Å². The number of benzene rings is 2. The van der Waals surface area contributed by atoms with Crippen LogP contribution >= 0.6 is 0 Å². The van der Waals surface area contributed by atoms with Crippen molar-refractivity contribution in [3.05, 3.63) is 71.9 Å². The first-order chi connectivity index (χ1) is 12.2. The van der Waals surface area contributed by atoms with Gasteiger partial charge < -0.3 is 15.7 Å². The topological polar surface area (TPSA) is 74.2 Å². The van der Waals surface area contributed by atoms with E-state index in [1.807, 2.05) is 36.4 Å². The number of para-hydroxylation sites is 1. The molecule has 2 aromatic carbocycles. The molecule has 0 bridgehead atoms. The monoisotopic (exact) mass is 335 g/mol. The summed E-state index contributed by atoms with van der Waals surface area (Å²) in [5.74, 6) is -0.189. The fourth-order valence-electron chi connectivity index (χ4n) is 2.60. The van der Waals surface area contributed by atoms with Gasteiger partial charge in [0.2, 0.25) is 0 Å². The van der Waals surface area contributed by atoms with E-state index in [1.54, 1.807) is 25.3 Å². The molecule has 0 spiro atoms. The number of pyridine rings is 1. The molecule has 0 aliphatic rings. The summed E-state index contributed by atoms with van der Waals surface area (Å²) >= 11 is 0. The van der Waals surface area contributed by atoms with Crippen molar-refractivity contribution in [1.29, 1.82) is 0 Å². The third-order valence-electron chi connectivity index (χ3n) is 4.00. The average Bonchev–Trinajstić information content (AvgIpc) is 2.66. The van der Waals surface area contributed by atoms with Crippen molar-refractivity contribution in [1.82, 2.24) is 10.3 Å². The van der Waals surface area contributed by atoms with Gasteiger partial charge in [-0.15, -0.1) is 0 Å². The number of nitrogens with one attached hydrogen (secondary N) is 2. The molecular weight excluding hydrogens is 314 g/mol. The number of hydrogen-bond acceptors (Lipinski definition) is 4. The zero-order valence-corrected chi connectivity index (χ0v) is 14.1. The normalized spacial score (nSPS) is 11.9. The Bertz CT molecular complexity index is 857. The quantitative estimate of drug-likeness (QED) is 0.647. The van der Waals surface area contributed by atoms with E-state index in [0.717, 1.165) is 22.2 Å². The molecule has 25 heavy (non-hydrogen) atoms.